The minimum absolute atomic E-state index is 0.277. The Labute approximate surface area is 107 Å². The number of amides is 1. The molecule has 0 aromatic heterocycles. The van der Waals surface area contributed by atoms with Crippen LogP contribution in [0.1, 0.15) is 32.6 Å². The summed E-state index contributed by atoms with van der Waals surface area (Å²) >= 11 is 5.30. The third-order valence-corrected chi connectivity index (χ3v) is 2.93. The van der Waals surface area contributed by atoms with Crippen LogP contribution in [0.4, 0.5) is 4.79 Å². The molecule has 0 atom stereocenters. The number of thiocarbonyl (C=S) groups is 1. The van der Waals surface area contributed by atoms with Crippen LogP contribution in [0.5, 0.6) is 0 Å². The van der Waals surface area contributed by atoms with Crippen molar-refractivity contribution in [3.63, 3.8) is 0 Å². The van der Waals surface area contributed by atoms with Gasteiger partial charge in [0.2, 0.25) is 0 Å². The van der Waals surface area contributed by atoms with Gasteiger partial charge < -0.3 is 15.7 Å². The molecule has 1 aliphatic heterocycles. The zero-order valence-corrected chi connectivity index (χ0v) is 11.3. The van der Waals surface area contributed by atoms with E-state index in [9.17, 15) is 4.79 Å². The van der Waals surface area contributed by atoms with Crippen LogP contribution in [0.15, 0.2) is 0 Å². The Morgan fingerprint density at radius 3 is 2.19 bits per heavy atom. The van der Waals surface area contributed by atoms with E-state index in [-0.39, 0.29) is 5.24 Å². The quantitative estimate of drug-likeness (QED) is 0.712. The van der Waals surface area contributed by atoms with E-state index in [1.807, 2.05) is 11.8 Å². The lowest BCUT2D eigenvalue weighted by Crippen LogP contribution is -2.28. The fourth-order valence-electron chi connectivity index (χ4n) is 1.47. The lowest BCUT2D eigenvalue weighted by atomic mass is 10.2. The Bertz CT molecular complexity index is 213. The van der Waals surface area contributed by atoms with Gasteiger partial charge in [0, 0.05) is 13.1 Å². The molecular weight excluding hydrogens is 244 g/mol. The predicted octanol–water partition coefficient (Wildman–Crippen LogP) is 2.52. The van der Waals surface area contributed by atoms with Gasteiger partial charge in [0.25, 0.3) is 10.4 Å². The minimum Gasteiger partial charge on any atom is -0.487 e. The lowest BCUT2D eigenvalue weighted by molar-refractivity contribution is 0.225. The summed E-state index contributed by atoms with van der Waals surface area (Å²) in [5, 5.41) is 7.34. The number of hydrogen-bond donors (Lipinski definition) is 2. The Hall–Kier alpha value is -0.490. The maximum absolute atomic E-state index is 11.4. The first-order valence-corrected chi connectivity index (χ1v) is 6.87. The Morgan fingerprint density at radius 2 is 1.81 bits per heavy atom. The fourth-order valence-corrected chi connectivity index (χ4v) is 2.08. The number of aliphatic hydroxyl groups is 1. The second-order valence-electron chi connectivity index (χ2n) is 3.44. The molecule has 0 radical (unpaired) electrons. The van der Waals surface area contributed by atoms with Crippen LogP contribution in [0.25, 0.3) is 0 Å². The molecule has 4 nitrogen and oxygen atoms in total. The topological polar surface area (TPSA) is 66.6 Å². The summed E-state index contributed by atoms with van der Waals surface area (Å²) in [4.78, 5) is 13.4. The Balaban J connectivity index is 0.000000487. The van der Waals surface area contributed by atoms with Gasteiger partial charge in [0.15, 0.2) is 0 Å². The van der Waals surface area contributed by atoms with Crippen molar-refractivity contribution in [2.45, 2.75) is 32.6 Å². The summed E-state index contributed by atoms with van der Waals surface area (Å²) in [5.41, 5.74) is 4.40. The largest absolute Gasteiger partial charge is 0.487 e. The maximum Gasteiger partial charge on any atom is 0.281 e. The van der Waals surface area contributed by atoms with Crippen LogP contribution >= 0.6 is 24.0 Å². The molecule has 1 fully saturated rings. The van der Waals surface area contributed by atoms with Crippen LogP contribution < -0.4 is 5.73 Å². The molecule has 1 rings (SSSR count). The molecule has 1 saturated heterocycles. The van der Waals surface area contributed by atoms with Crippen molar-refractivity contribution in [1.82, 2.24) is 4.90 Å². The molecule has 1 amide bonds. The second-order valence-corrected chi connectivity index (χ2v) is 5.07. The van der Waals surface area contributed by atoms with E-state index in [2.05, 4.69) is 18.0 Å². The number of nitrogens with two attached hydrogens (primary N) is 1. The van der Waals surface area contributed by atoms with Gasteiger partial charge in [-0.2, -0.15) is 0 Å². The summed E-state index contributed by atoms with van der Waals surface area (Å²) in [6.07, 6.45) is 4.97. The van der Waals surface area contributed by atoms with E-state index in [0.717, 1.165) is 18.8 Å². The number of thioether (sulfide) groups is 1. The van der Waals surface area contributed by atoms with E-state index < -0.39 is 5.17 Å². The van der Waals surface area contributed by atoms with Crippen LogP contribution in [-0.2, 0) is 0 Å². The van der Waals surface area contributed by atoms with E-state index in [0.29, 0.717) is 0 Å². The molecule has 6 heteroatoms. The Kier molecular flexibility index (Phi) is 9.42. The van der Waals surface area contributed by atoms with Gasteiger partial charge >= 0.3 is 0 Å². The smallest absolute Gasteiger partial charge is 0.281 e. The number of hydrogen-bond acceptors (Lipinski definition) is 3. The van der Waals surface area contributed by atoms with Crippen LogP contribution in [0.2, 0.25) is 0 Å². The highest BCUT2D eigenvalue weighted by atomic mass is 32.2. The number of rotatable bonds is 1. The third kappa shape index (κ3) is 8.79. The molecule has 0 spiro atoms. The predicted molar refractivity (Wildman–Crippen MR) is 73.0 cm³/mol. The van der Waals surface area contributed by atoms with Gasteiger partial charge in [-0.25, -0.2) is 0 Å². The van der Waals surface area contributed by atoms with Gasteiger partial charge in [0.1, 0.15) is 0 Å². The number of carbonyl (C=O) groups is 1. The summed E-state index contributed by atoms with van der Waals surface area (Å²) in [5.74, 6) is 0.898. The number of likely N-dealkylation sites (tertiary alicyclic amines) is 1. The second kappa shape index (κ2) is 9.72. The van der Waals surface area contributed by atoms with Crippen molar-refractivity contribution in [1.29, 1.82) is 0 Å². The van der Waals surface area contributed by atoms with Gasteiger partial charge in [-0.15, -0.1) is 0 Å². The SMILES string of the molecule is CCSC(=O)N1CCCCCC1.NC(O)=S. The maximum atomic E-state index is 11.4. The number of carbonyl (C=O) groups excluding carboxylic acids is 1. The van der Waals surface area contributed by atoms with E-state index in [1.165, 1.54) is 37.4 Å². The normalized spacial score (nSPS) is 15.7. The molecule has 1 aliphatic rings. The molecule has 0 saturated carbocycles. The molecule has 1 heterocycles. The van der Waals surface area contributed by atoms with Crippen molar-refractivity contribution < 1.29 is 9.90 Å². The first kappa shape index (κ1) is 15.5. The summed E-state index contributed by atoms with van der Waals surface area (Å²) < 4.78 is 0. The molecule has 16 heavy (non-hydrogen) atoms. The zero-order chi connectivity index (χ0) is 12.4. The van der Waals surface area contributed by atoms with Gasteiger partial charge in [-0.05, 0) is 30.8 Å². The molecule has 3 N–H and O–H groups in total. The molecule has 0 bridgehead atoms. The summed E-state index contributed by atoms with van der Waals surface area (Å²) in [7, 11) is 0. The van der Waals surface area contributed by atoms with Gasteiger partial charge in [0.05, 0.1) is 0 Å². The van der Waals surface area contributed by atoms with E-state index in [4.69, 9.17) is 5.11 Å². The minimum atomic E-state index is -0.500. The summed E-state index contributed by atoms with van der Waals surface area (Å²) in [6.45, 7) is 3.98. The van der Waals surface area contributed by atoms with Crippen molar-refractivity contribution >= 4 is 34.4 Å². The molecule has 0 aromatic carbocycles. The lowest BCUT2D eigenvalue weighted by Gasteiger charge is -2.18. The number of aliphatic hydroxyl groups excluding tert-OH is 1. The van der Waals surface area contributed by atoms with Gasteiger partial charge in [-0.3, -0.25) is 4.79 Å². The Morgan fingerprint density at radius 1 is 1.38 bits per heavy atom. The van der Waals surface area contributed by atoms with Gasteiger partial charge in [-0.1, -0.05) is 31.5 Å². The van der Waals surface area contributed by atoms with Crippen molar-refractivity contribution in [2.75, 3.05) is 18.8 Å². The van der Waals surface area contributed by atoms with Crippen LogP contribution in [0, 0.1) is 0 Å². The van der Waals surface area contributed by atoms with Crippen molar-refractivity contribution in [3.05, 3.63) is 0 Å². The highest BCUT2D eigenvalue weighted by molar-refractivity contribution is 8.13. The number of nitrogens with zero attached hydrogens (tertiary/aromatic N) is 1. The average Bonchev–Trinajstić information content (AvgIpc) is 2.45. The monoisotopic (exact) mass is 264 g/mol. The highest BCUT2D eigenvalue weighted by Gasteiger charge is 2.14. The molecule has 0 aromatic rings. The fraction of sp³-hybridized carbons (Fsp3) is 0.800. The first-order chi connectivity index (χ1) is 7.57. The highest BCUT2D eigenvalue weighted by Crippen LogP contribution is 2.15. The zero-order valence-electron chi connectivity index (χ0n) is 9.65. The molecule has 0 unspecified atom stereocenters. The van der Waals surface area contributed by atoms with Crippen LogP contribution in [0.3, 0.4) is 0 Å². The molecule has 94 valence electrons. The standard InChI is InChI=1S/C9H17NOS.CH3NOS/c1-2-12-9(11)10-7-5-3-4-6-8-10;2-1(3)4/h2-8H2,1H3;(H3,2,3,4). The first-order valence-electron chi connectivity index (χ1n) is 5.48. The van der Waals surface area contributed by atoms with E-state index >= 15 is 0 Å². The average molecular weight is 264 g/mol. The van der Waals surface area contributed by atoms with E-state index in [1.54, 1.807) is 0 Å². The van der Waals surface area contributed by atoms with Crippen molar-refractivity contribution in [2.24, 2.45) is 5.73 Å². The van der Waals surface area contributed by atoms with Crippen molar-refractivity contribution in [3.8, 4) is 0 Å². The third-order valence-electron chi connectivity index (χ3n) is 2.13. The summed E-state index contributed by atoms with van der Waals surface area (Å²) in [6, 6.07) is 0. The molecular formula is C10H20N2O2S2. The molecule has 0 aliphatic carbocycles. The van der Waals surface area contributed by atoms with Crippen LogP contribution in [-0.4, -0.2) is 39.3 Å².